The third-order valence-electron chi connectivity index (χ3n) is 2.88. The highest BCUT2D eigenvalue weighted by Gasteiger charge is 2.06. The first-order valence-corrected chi connectivity index (χ1v) is 5.49. The fourth-order valence-electron chi connectivity index (χ4n) is 2.04. The number of hydrogen-bond donors (Lipinski definition) is 0. The van der Waals surface area contributed by atoms with Crippen molar-refractivity contribution in [1.82, 2.24) is 0 Å². The van der Waals surface area contributed by atoms with E-state index >= 15 is 0 Å². The van der Waals surface area contributed by atoms with Crippen molar-refractivity contribution in [3.05, 3.63) is 54.8 Å². The molecule has 2 heteroatoms. The van der Waals surface area contributed by atoms with Crippen LogP contribution in [0.1, 0.15) is 0 Å². The van der Waals surface area contributed by atoms with Gasteiger partial charge in [-0.05, 0) is 35.4 Å². The number of benzene rings is 2. The second-order valence-electron chi connectivity index (χ2n) is 3.87. The van der Waals surface area contributed by atoms with Gasteiger partial charge in [-0.3, -0.25) is 0 Å². The molecule has 2 aromatic carbocycles. The Hall–Kier alpha value is -2.22. The normalized spacial score (nSPS) is 10.6. The van der Waals surface area contributed by atoms with Crippen LogP contribution in [-0.4, -0.2) is 7.11 Å². The van der Waals surface area contributed by atoms with E-state index in [2.05, 4.69) is 12.1 Å². The summed E-state index contributed by atoms with van der Waals surface area (Å²) in [5.41, 5.74) is 3.21. The number of fused-ring (bicyclic) bond motifs is 1. The molecule has 0 saturated heterocycles. The van der Waals surface area contributed by atoms with Crippen LogP contribution in [0, 0.1) is 0 Å². The Morgan fingerprint density at radius 3 is 2.76 bits per heavy atom. The van der Waals surface area contributed by atoms with Gasteiger partial charge in [-0.1, -0.05) is 24.3 Å². The molecule has 0 N–H and O–H groups in total. The first-order chi connectivity index (χ1) is 8.38. The fourth-order valence-corrected chi connectivity index (χ4v) is 2.04. The number of furan rings is 1. The molecule has 0 atom stereocenters. The summed E-state index contributed by atoms with van der Waals surface area (Å²) in [5, 5.41) is 1.13. The van der Waals surface area contributed by atoms with E-state index in [1.54, 1.807) is 13.4 Å². The van der Waals surface area contributed by atoms with Gasteiger partial charge in [0.15, 0.2) is 0 Å². The molecule has 0 unspecified atom stereocenters. The second-order valence-corrected chi connectivity index (χ2v) is 3.87. The Bertz CT molecular complexity index is 653. The van der Waals surface area contributed by atoms with E-state index < -0.39 is 0 Å². The Balaban J connectivity index is 2.23. The molecule has 1 aromatic heterocycles. The van der Waals surface area contributed by atoms with Crippen molar-refractivity contribution < 1.29 is 9.15 Å². The average molecular weight is 224 g/mol. The number of hydrogen-bond acceptors (Lipinski definition) is 2. The molecule has 0 aliphatic rings. The lowest BCUT2D eigenvalue weighted by atomic mass is 10.0. The smallest absolute Gasteiger partial charge is 0.134 e. The minimum absolute atomic E-state index is 0.864. The maximum Gasteiger partial charge on any atom is 0.134 e. The molecule has 0 bridgehead atoms. The molecule has 84 valence electrons. The molecule has 1 heterocycles. The van der Waals surface area contributed by atoms with Gasteiger partial charge in [0.1, 0.15) is 11.3 Å². The summed E-state index contributed by atoms with van der Waals surface area (Å²) in [7, 11) is 1.68. The molecule has 17 heavy (non-hydrogen) atoms. The Morgan fingerprint density at radius 2 is 1.88 bits per heavy atom. The second kappa shape index (κ2) is 3.98. The van der Waals surface area contributed by atoms with Gasteiger partial charge < -0.3 is 9.15 Å². The zero-order valence-corrected chi connectivity index (χ0v) is 9.51. The van der Waals surface area contributed by atoms with Crippen LogP contribution < -0.4 is 4.74 Å². The summed E-state index contributed by atoms with van der Waals surface area (Å²) in [5.74, 6) is 0.864. The molecule has 0 fully saturated rings. The van der Waals surface area contributed by atoms with E-state index in [1.165, 1.54) is 0 Å². The molecule has 0 aliphatic carbocycles. The van der Waals surface area contributed by atoms with Crippen LogP contribution in [0.5, 0.6) is 5.75 Å². The molecule has 0 amide bonds. The van der Waals surface area contributed by atoms with Crippen LogP contribution in [-0.2, 0) is 0 Å². The molecular weight excluding hydrogens is 212 g/mol. The fraction of sp³-hybridized carbons (Fsp3) is 0.0667. The number of methoxy groups -OCH3 is 1. The van der Waals surface area contributed by atoms with Crippen molar-refractivity contribution in [2.75, 3.05) is 7.11 Å². The zero-order chi connectivity index (χ0) is 11.7. The van der Waals surface area contributed by atoms with Crippen LogP contribution in [0.25, 0.3) is 22.1 Å². The Morgan fingerprint density at radius 1 is 1.00 bits per heavy atom. The van der Waals surface area contributed by atoms with E-state index in [0.717, 1.165) is 27.8 Å². The van der Waals surface area contributed by atoms with E-state index in [9.17, 15) is 0 Å². The van der Waals surface area contributed by atoms with Crippen molar-refractivity contribution in [2.24, 2.45) is 0 Å². The Kier molecular flexibility index (Phi) is 2.33. The highest BCUT2D eigenvalue weighted by atomic mass is 16.5. The first kappa shape index (κ1) is 9.97. The molecule has 0 saturated carbocycles. The van der Waals surface area contributed by atoms with Gasteiger partial charge in [-0.15, -0.1) is 0 Å². The summed E-state index contributed by atoms with van der Waals surface area (Å²) >= 11 is 0. The van der Waals surface area contributed by atoms with Crippen LogP contribution in [0.3, 0.4) is 0 Å². The summed E-state index contributed by atoms with van der Waals surface area (Å²) in [4.78, 5) is 0. The lowest BCUT2D eigenvalue weighted by molar-refractivity contribution is 0.415. The summed E-state index contributed by atoms with van der Waals surface area (Å²) in [6, 6.07) is 16.1. The Labute approximate surface area is 99.4 Å². The minimum atomic E-state index is 0.864. The largest absolute Gasteiger partial charge is 0.497 e. The molecule has 3 aromatic rings. The van der Waals surface area contributed by atoms with Gasteiger partial charge in [-0.25, -0.2) is 0 Å². The topological polar surface area (TPSA) is 22.4 Å². The van der Waals surface area contributed by atoms with E-state index in [1.807, 2.05) is 36.4 Å². The minimum Gasteiger partial charge on any atom is -0.497 e. The zero-order valence-electron chi connectivity index (χ0n) is 9.51. The van der Waals surface area contributed by atoms with Gasteiger partial charge in [-0.2, -0.15) is 0 Å². The maximum atomic E-state index is 5.41. The first-order valence-electron chi connectivity index (χ1n) is 5.49. The van der Waals surface area contributed by atoms with Gasteiger partial charge in [0.05, 0.1) is 13.4 Å². The van der Waals surface area contributed by atoms with E-state index in [4.69, 9.17) is 9.15 Å². The van der Waals surface area contributed by atoms with Crippen LogP contribution >= 0.6 is 0 Å². The quantitative estimate of drug-likeness (QED) is 0.653. The summed E-state index contributed by atoms with van der Waals surface area (Å²) in [6.07, 6.45) is 1.72. The average Bonchev–Trinajstić information content (AvgIpc) is 2.87. The molecule has 3 rings (SSSR count). The van der Waals surface area contributed by atoms with Crippen LogP contribution in [0.2, 0.25) is 0 Å². The predicted octanol–water partition coefficient (Wildman–Crippen LogP) is 4.11. The highest BCUT2D eigenvalue weighted by molar-refractivity contribution is 5.94. The van der Waals surface area contributed by atoms with Crippen molar-refractivity contribution in [1.29, 1.82) is 0 Å². The van der Waals surface area contributed by atoms with Gasteiger partial charge >= 0.3 is 0 Å². The predicted molar refractivity (Wildman–Crippen MR) is 68.2 cm³/mol. The SMILES string of the molecule is COc1cccc(-c2cccc3occc23)c1. The molecule has 0 spiro atoms. The van der Waals surface area contributed by atoms with Gasteiger partial charge in [0.25, 0.3) is 0 Å². The third-order valence-corrected chi connectivity index (χ3v) is 2.88. The highest BCUT2D eigenvalue weighted by Crippen LogP contribution is 2.30. The maximum absolute atomic E-state index is 5.41. The van der Waals surface area contributed by atoms with Crippen molar-refractivity contribution in [2.45, 2.75) is 0 Å². The van der Waals surface area contributed by atoms with Crippen molar-refractivity contribution >= 4 is 11.0 Å². The van der Waals surface area contributed by atoms with Crippen LogP contribution in [0.15, 0.2) is 59.2 Å². The summed E-state index contributed by atoms with van der Waals surface area (Å²) < 4.78 is 10.7. The molecular formula is C15H12O2. The van der Waals surface area contributed by atoms with Crippen molar-refractivity contribution in [3.8, 4) is 16.9 Å². The molecule has 0 radical (unpaired) electrons. The third kappa shape index (κ3) is 1.68. The van der Waals surface area contributed by atoms with Gasteiger partial charge in [0, 0.05) is 5.39 Å². The molecule has 0 aliphatic heterocycles. The van der Waals surface area contributed by atoms with Crippen molar-refractivity contribution in [3.63, 3.8) is 0 Å². The van der Waals surface area contributed by atoms with E-state index in [0.29, 0.717) is 0 Å². The monoisotopic (exact) mass is 224 g/mol. The standard InChI is InChI=1S/C15H12O2/c1-16-12-5-2-4-11(10-12)13-6-3-7-15-14(13)8-9-17-15/h2-10H,1H3. The molecule has 2 nitrogen and oxygen atoms in total. The van der Waals surface area contributed by atoms with Gasteiger partial charge in [0.2, 0.25) is 0 Å². The lowest BCUT2D eigenvalue weighted by Gasteiger charge is -2.05. The number of ether oxygens (including phenoxy) is 1. The van der Waals surface area contributed by atoms with Crippen LogP contribution in [0.4, 0.5) is 0 Å². The summed E-state index contributed by atoms with van der Waals surface area (Å²) in [6.45, 7) is 0. The number of rotatable bonds is 2. The lowest BCUT2D eigenvalue weighted by Crippen LogP contribution is -1.84. The van der Waals surface area contributed by atoms with E-state index in [-0.39, 0.29) is 0 Å².